The zero-order valence-corrected chi connectivity index (χ0v) is 17.2. The summed E-state index contributed by atoms with van der Waals surface area (Å²) in [5.74, 6) is -4.45. The van der Waals surface area contributed by atoms with Crippen LogP contribution in [0.3, 0.4) is 0 Å². The van der Waals surface area contributed by atoms with E-state index in [9.17, 15) is 4.39 Å². The van der Waals surface area contributed by atoms with E-state index in [1.54, 1.807) is 18.2 Å². The molecule has 3 aromatic rings. The van der Waals surface area contributed by atoms with Gasteiger partial charge in [-0.1, -0.05) is 11.6 Å². The van der Waals surface area contributed by atoms with Crippen LogP contribution >= 0.6 is 11.6 Å². The van der Waals surface area contributed by atoms with Crippen molar-refractivity contribution in [1.82, 2.24) is 4.98 Å². The number of fused-ring (bicyclic) bond motifs is 1. The minimum Gasteiger partial charge on any atom is -0.436 e. The van der Waals surface area contributed by atoms with Gasteiger partial charge in [-0.15, -0.1) is 0 Å². The molecule has 0 aliphatic carbocycles. The van der Waals surface area contributed by atoms with Gasteiger partial charge in [-0.05, 0) is 51.1 Å². The van der Waals surface area contributed by atoms with Crippen LogP contribution in [0.25, 0.3) is 22.6 Å². The van der Waals surface area contributed by atoms with Crippen LogP contribution in [-0.4, -0.2) is 29.0 Å². The fourth-order valence-corrected chi connectivity index (χ4v) is 3.77. The maximum absolute atomic E-state index is 15.6. The molecule has 0 radical (unpaired) electrons. The fourth-order valence-electron chi connectivity index (χ4n) is 3.60. The Morgan fingerprint density at radius 2 is 1.83 bits per heavy atom. The van der Waals surface area contributed by atoms with Crippen molar-refractivity contribution in [2.45, 2.75) is 37.8 Å². The fraction of sp³-hybridized carbons (Fsp3) is 0.333. The number of aliphatic imine (C=N–C) groups is 1. The number of benzene rings is 2. The highest BCUT2D eigenvalue weighted by molar-refractivity contribution is 6.31. The molecule has 0 fully saturated rings. The standard InChI is InChI=1S/C21H19ClF3N3O2/c1-19(2)21(24,25)20(3,28-17(26)10-29-19)13-8-11(4-6-14(13)23)18-27-15-7-5-12(22)9-16(15)30-18/h4-9H,10H2,1-3H3,(H2,26,28). The van der Waals surface area contributed by atoms with Crippen molar-refractivity contribution < 1.29 is 22.3 Å². The van der Waals surface area contributed by atoms with E-state index in [0.717, 1.165) is 13.0 Å². The summed E-state index contributed by atoms with van der Waals surface area (Å²) >= 11 is 5.97. The maximum atomic E-state index is 15.6. The van der Waals surface area contributed by atoms with Crippen molar-refractivity contribution in [1.29, 1.82) is 0 Å². The smallest absolute Gasteiger partial charge is 0.304 e. The summed E-state index contributed by atoms with van der Waals surface area (Å²) in [5, 5.41) is 0.461. The predicted molar refractivity (Wildman–Crippen MR) is 108 cm³/mol. The number of amidine groups is 1. The monoisotopic (exact) mass is 437 g/mol. The van der Waals surface area contributed by atoms with Crippen molar-refractivity contribution in [2.24, 2.45) is 10.7 Å². The summed E-state index contributed by atoms with van der Waals surface area (Å²) < 4.78 is 57.0. The average Bonchev–Trinajstić information content (AvgIpc) is 3.07. The second kappa shape index (κ2) is 6.72. The SMILES string of the molecule is CC1(C)OCC(N)=NC(C)(c2cc(-c3nc4ccc(Cl)cc4o3)ccc2F)C1(F)F. The number of ether oxygens (including phenoxy) is 1. The van der Waals surface area contributed by atoms with Gasteiger partial charge in [-0.25, -0.2) is 18.2 Å². The second-order valence-electron chi connectivity index (χ2n) is 7.87. The molecule has 0 amide bonds. The summed E-state index contributed by atoms with van der Waals surface area (Å²) in [6.07, 6.45) is 0. The first kappa shape index (κ1) is 20.7. The Balaban J connectivity index is 1.91. The molecule has 1 aliphatic rings. The number of hydrogen-bond acceptors (Lipinski definition) is 5. The zero-order chi connectivity index (χ0) is 21.9. The van der Waals surface area contributed by atoms with Crippen molar-refractivity contribution in [3.05, 3.63) is 52.8 Å². The number of rotatable bonds is 2. The lowest BCUT2D eigenvalue weighted by Gasteiger charge is -2.42. The molecule has 2 N–H and O–H groups in total. The normalized spacial score (nSPS) is 23.2. The Bertz CT molecular complexity index is 1180. The van der Waals surface area contributed by atoms with Crippen LogP contribution < -0.4 is 5.73 Å². The number of alkyl halides is 2. The molecule has 0 saturated carbocycles. The van der Waals surface area contributed by atoms with E-state index in [0.29, 0.717) is 21.7 Å². The molecule has 158 valence electrons. The van der Waals surface area contributed by atoms with Crippen molar-refractivity contribution in [3.63, 3.8) is 0 Å². The van der Waals surface area contributed by atoms with Crippen molar-refractivity contribution in [3.8, 4) is 11.5 Å². The molecule has 1 aliphatic heterocycles. The molecule has 1 atom stereocenters. The number of nitrogens with zero attached hydrogens (tertiary/aromatic N) is 2. The maximum Gasteiger partial charge on any atom is 0.304 e. The minimum absolute atomic E-state index is 0.140. The van der Waals surface area contributed by atoms with Crippen molar-refractivity contribution >= 4 is 28.5 Å². The lowest BCUT2D eigenvalue weighted by molar-refractivity contribution is -0.214. The molecule has 0 spiro atoms. The highest BCUT2D eigenvalue weighted by atomic mass is 35.5. The molecule has 9 heteroatoms. The molecule has 0 saturated heterocycles. The summed E-state index contributed by atoms with van der Waals surface area (Å²) in [5.41, 5.74) is 2.45. The van der Waals surface area contributed by atoms with Crippen LogP contribution in [0.4, 0.5) is 13.2 Å². The molecule has 2 aromatic carbocycles. The van der Waals surface area contributed by atoms with Gasteiger partial charge in [0.1, 0.15) is 29.4 Å². The van der Waals surface area contributed by atoms with E-state index in [2.05, 4.69) is 9.98 Å². The third kappa shape index (κ3) is 3.06. The van der Waals surface area contributed by atoms with Gasteiger partial charge in [0.25, 0.3) is 0 Å². The van der Waals surface area contributed by atoms with Crippen LogP contribution in [0.5, 0.6) is 0 Å². The largest absolute Gasteiger partial charge is 0.436 e. The van der Waals surface area contributed by atoms with E-state index in [1.807, 2.05) is 0 Å². The van der Waals surface area contributed by atoms with Gasteiger partial charge < -0.3 is 14.9 Å². The Kier molecular flexibility index (Phi) is 4.63. The van der Waals surface area contributed by atoms with E-state index in [1.165, 1.54) is 26.0 Å². The van der Waals surface area contributed by atoms with Gasteiger partial charge in [0.15, 0.2) is 11.1 Å². The van der Waals surface area contributed by atoms with Gasteiger partial charge in [-0.2, -0.15) is 0 Å². The highest BCUT2D eigenvalue weighted by Crippen LogP contribution is 2.51. The molecule has 1 unspecified atom stereocenters. The van der Waals surface area contributed by atoms with Crippen LogP contribution in [0.1, 0.15) is 26.3 Å². The first-order chi connectivity index (χ1) is 13.9. The average molecular weight is 438 g/mol. The Morgan fingerprint density at radius 1 is 1.10 bits per heavy atom. The number of oxazole rings is 1. The molecule has 2 heterocycles. The Morgan fingerprint density at radius 3 is 2.57 bits per heavy atom. The van der Waals surface area contributed by atoms with Crippen LogP contribution in [-0.2, 0) is 10.3 Å². The van der Waals surface area contributed by atoms with Gasteiger partial charge in [0.2, 0.25) is 5.89 Å². The predicted octanol–water partition coefficient (Wildman–Crippen LogP) is 5.30. The summed E-state index contributed by atoms with van der Waals surface area (Å²) in [4.78, 5) is 8.33. The molecular formula is C21H19ClF3N3O2. The quantitative estimate of drug-likeness (QED) is 0.590. The van der Waals surface area contributed by atoms with Crippen molar-refractivity contribution in [2.75, 3.05) is 6.61 Å². The summed E-state index contributed by atoms with van der Waals surface area (Å²) in [6, 6.07) is 8.65. The van der Waals surface area contributed by atoms with E-state index < -0.39 is 22.9 Å². The Hall–Kier alpha value is -2.58. The summed E-state index contributed by atoms with van der Waals surface area (Å²) in [7, 11) is 0. The summed E-state index contributed by atoms with van der Waals surface area (Å²) in [6.45, 7) is 3.31. The molecule has 5 nitrogen and oxygen atoms in total. The molecule has 4 rings (SSSR count). The van der Waals surface area contributed by atoms with Gasteiger partial charge >= 0.3 is 5.92 Å². The molecule has 30 heavy (non-hydrogen) atoms. The first-order valence-corrected chi connectivity index (χ1v) is 9.55. The lowest BCUT2D eigenvalue weighted by atomic mass is 9.77. The molecule has 0 bridgehead atoms. The van der Waals surface area contributed by atoms with E-state index in [-0.39, 0.29) is 23.9 Å². The number of nitrogens with two attached hydrogens (primary N) is 1. The van der Waals surface area contributed by atoms with Gasteiger partial charge in [-0.3, -0.25) is 4.99 Å². The van der Waals surface area contributed by atoms with Crippen LogP contribution in [0.2, 0.25) is 5.02 Å². The molecular weight excluding hydrogens is 419 g/mol. The number of halogens is 4. The number of hydrogen-bond donors (Lipinski definition) is 1. The highest BCUT2D eigenvalue weighted by Gasteiger charge is 2.63. The Labute approximate surface area is 175 Å². The third-order valence-electron chi connectivity index (χ3n) is 5.40. The van der Waals surface area contributed by atoms with E-state index in [4.69, 9.17) is 26.5 Å². The lowest BCUT2D eigenvalue weighted by Crippen LogP contribution is -2.56. The van der Waals surface area contributed by atoms with Gasteiger partial charge in [0, 0.05) is 22.2 Å². The number of aromatic nitrogens is 1. The zero-order valence-electron chi connectivity index (χ0n) is 16.5. The second-order valence-corrected chi connectivity index (χ2v) is 8.31. The van der Waals surface area contributed by atoms with E-state index >= 15 is 8.78 Å². The van der Waals surface area contributed by atoms with Crippen LogP contribution in [0.15, 0.2) is 45.8 Å². The van der Waals surface area contributed by atoms with Gasteiger partial charge in [0.05, 0.1) is 0 Å². The minimum atomic E-state index is -3.59. The van der Waals surface area contributed by atoms with Crippen LogP contribution in [0, 0.1) is 5.82 Å². The topological polar surface area (TPSA) is 73.6 Å². The molecule has 1 aromatic heterocycles. The third-order valence-corrected chi connectivity index (χ3v) is 5.64. The first-order valence-electron chi connectivity index (χ1n) is 9.17.